The van der Waals surface area contributed by atoms with Gasteiger partial charge in [0.1, 0.15) is 11.6 Å². The first-order chi connectivity index (χ1) is 13.5. The monoisotopic (exact) mass is 381 g/mol. The van der Waals surface area contributed by atoms with Crippen LogP contribution in [-0.2, 0) is 0 Å². The summed E-state index contributed by atoms with van der Waals surface area (Å²) in [5, 5.41) is 21.4. The minimum atomic E-state index is -0.280. The highest BCUT2D eigenvalue weighted by Gasteiger charge is 2.06. The van der Waals surface area contributed by atoms with E-state index in [2.05, 4.69) is 31.2 Å². The van der Waals surface area contributed by atoms with Crippen LogP contribution in [-0.4, -0.2) is 46.2 Å². The maximum absolute atomic E-state index is 11.9. The molecule has 0 atom stereocenters. The fraction of sp³-hybridized carbons (Fsp3) is 0.263. The molecule has 0 saturated heterocycles. The number of methoxy groups -OCH3 is 1. The Hall–Kier alpha value is -3.62. The van der Waals surface area contributed by atoms with Gasteiger partial charge in [0.05, 0.1) is 12.8 Å². The maximum atomic E-state index is 11.9. The van der Waals surface area contributed by atoms with Crippen LogP contribution >= 0.6 is 0 Å². The number of ether oxygens (including phenoxy) is 1. The summed E-state index contributed by atoms with van der Waals surface area (Å²) in [5.74, 6) is 2.02. The van der Waals surface area contributed by atoms with Gasteiger partial charge in [-0.2, -0.15) is 5.10 Å². The van der Waals surface area contributed by atoms with Crippen molar-refractivity contribution in [1.82, 2.24) is 25.3 Å². The maximum Gasteiger partial charge on any atom is 0.319 e. The number of amides is 2. The molecule has 0 aliphatic heterocycles. The molecule has 0 bridgehead atoms. The number of hydrogen-bond donors (Lipinski definition) is 3. The molecule has 0 aliphatic carbocycles. The number of nitrogens with one attached hydrogen (secondary N) is 3. The van der Waals surface area contributed by atoms with Crippen molar-refractivity contribution in [2.75, 3.05) is 30.8 Å². The second kappa shape index (κ2) is 8.85. The number of aromatic nitrogens is 4. The number of carbonyl (C=O) groups is 1. The third-order valence-electron chi connectivity index (χ3n) is 3.94. The van der Waals surface area contributed by atoms with Crippen LogP contribution in [0.15, 0.2) is 42.5 Å². The minimum Gasteiger partial charge on any atom is -0.497 e. The van der Waals surface area contributed by atoms with Crippen molar-refractivity contribution in [1.29, 1.82) is 0 Å². The summed E-state index contributed by atoms with van der Waals surface area (Å²) in [6, 6.07) is 12.5. The average molecular weight is 381 g/mol. The fourth-order valence-corrected chi connectivity index (χ4v) is 2.61. The number of rotatable bonds is 7. The van der Waals surface area contributed by atoms with E-state index in [1.54, 1.807) is 36.1 Å². The van der Waals surface area contributed by atoms with Crippen molar-refractivity contribution in [3.05, 3.63) is 53.9 Å². The molecular formula is C19H23N7O2. The molecule has 2 amide bonds. The molecule has 2 aromatic heterocycles. The van der Waals surface area contributed by atoms with Gasteiger partial charge in [-0.25, -0.2) is 9.48 Å². The highest BCUT2D eigenvalue weighted by atomic mass is 16.5. The third kappa shape index (κ3) is 4.97. The number of carbonyl (C=O) groups excluding carboxylic acids is 1. The number of nitrogens with zero attached hydrogens (tertiary/aromatic N) is 4. The molecule has 0 saturated carbocycles. The van der Waals surface area contributed by atoms with Crippen LogP contribution in [0, 0.1) is 13.8 Å². The van der Waals surface area contributed by atoms with Crippen molar-refractivity contribution in [3.8, 4) is 11.6 Å². The van der Waals surface area contributed by atoms with Crippen LogP contribution < -0.4 is 20.7 Å². The van der Waals surface area contributed by atoms with Crippen LogP contribution in [0.2, 0.25) is 0 Å². The van der Waals surface area contributed by atoms with Crippen molar-refractivity contribution in [2.24, 2.45) is 0 Å². The molecule has 0 aliphatic rings. The van der Waals surface area contributed by atoms with Crippen LogP contribution in [0.5, 0.6) is 5.75 Å². The van der Waals surface area contributed by atoms with Crippen molar-refractivity contribution in [2.45, 2.75) is 13.8 Å². The van der Waals surface area contributed by atoms with Gasteiger partial charge in [0.2, 0.25) is 0 Å². The molecule has 9 nitrogen and oxygen atoms in total. The van der Waals surface area contributed by atoms with E-state index in [1.165, 1.54) is 0 Å². The summed E-state index contributed by atoms with van der Waals surface area (Å²) in [6.07, 6.45) is 0. The summed E-state index contributed by atoms with van der Waals surface area (Å²) in [5.41, 5.74) is 2.62. The molecule has 0 fully saturated rings. The molecule has 146 valence electrons. The molecule has 3 rings (SSSR count). The molecule has 3 N–H and O–H groups in total. The second-order valence-corrected chi connectivity index (χ2v) is 6.15. The largest absolute Gasteiger partial charge is 0.497 e. The number of aryl methyl sites for hydroxylation is 2. The lowest BCUT2D eigenvalue weighted by molar-refractivity contribution is 0.252. The van der Waals surface area contributed by atoms with Crippen LogP contribution in [0.1, 0.15) is 11.4 Å². The Morgan fingerprint density at radius 1 is 1.07 bits per heavy atom. The van der Waals surface area contributed by atoms with Crippen molar-refractivity contribution < 1.29 is 9.53 Å². The van der Waals surface area contributed by atoms with Crippen LogP contribution in [0.3, 0.4) is 0 Å². The minimum absolute atomic E-state index is 0.280. The van der Waals surface area contributed by atoms with E-state index >= 15 is 0 Å². The first kappa shape index (κ1) is 19.2. The molecule has 3 aromatic rings. The Balaban J connectivity index is 1.42. The first-order valence-electron chi connectivity index (χ1n) is 8.85. The lowest BCUT2D eigenvalue weighted by atomic mass is 10.3. The SMILES string of the molecule is COc1ccc(NC(=O)NCCNc2ccc(-n3nc(C)cc3C)nn2)cc1. The lowest BCUT2D eigenvalue weighted by Gasteiger charge is -2.09. The molecule has 28 heavy (non-hydrogen) atoms. The Labute approximate surface area is 163 Å². The predicted molar refractivity (Wildman–Crippen MR) is 107 cm³/mol. The van der Waals surface area contributed by atoms with E-state index in [0.29, 0.717) is 30.4 Å². The summed E-state index contributed by atoms with van der Waals surface area (Å²) < 4.78 is 6.83. The summed E-state index contributed by atoms with van der Waals surface area (Å²) in [7, 11) is 1.60. The summed E-state index contributed by atoms with van der Waals surface area (Å²) >= 11 is 0. The van der Waals surface area contributed by atoms with E-state index in [0.717, 1.165) is 17.1 Å². The Morgan fingerprint density at radius 3 is 2.46 bits per heavy atom. The first-order valence-corrected chi connectivity index (χ1v) is 8.85. The van der Waals surface area contributed by atoms with Gasteiger partial charge >= 0.3 is 6.03 Å². The molecule has 0 radical (unpaired) electrons. The van der Waals surface area contributed by atoms with Gasteiger partial charge < -0.3 is 20.7 Å². The van der Waals surface area contributed by atoms with Crippen LogP contribution in [0.25, 0.3) is 5.82 Å². The van der Waals surface area contributed by atoms with Crippen LogP contribution in [0.4, 0.5) is 16.3 Å². The Kier molecular flexibility index (Phi) is 6.05. The van der Waals surface area contributed by atoms with Gasteiger partial charge in [0.25, 0.3) is 0 Å². The quantitative estimate of drug-likeness (QED) is 0.543. The third-order valence-corrected chi connectivity index (χ3v) is 3.94. The van der Waals surface area contributed by atoms with E-state index in [4.69, 9.17) is 4.74 Å². The molecule has 1 aromatic carbocycles. The van der Waals surface area contributed by atoms with Gasteiger partial charge in [0.15, 0.2) is 5.82 Å². The summed E-state index contributed by atoms with van der Waals surface area (Å²) in [6.45, 7) is 4.86. The van der Waals surface area contributed by atoms with Gasteiger partial charge in [-0.3, -0.25) is 0 Å². The lowest BCUT2D eigenvalue weighted by Crippen LogP contribution is -2.32. The van der Waals surface area contributed by atoms with E-state index in [1.807, 2.05) is 32.0 Å². The predicted octanol–water partition coefficient (Wildman–Crippen LogP) is 2.52. The highest BCUT2D eigenvalue weighted by Crippen LogP contribution is 2.14. The number of urea groups is 1. The van der Waals surface area contributed by atoms with E-state index in [-0.39, 0.29) is 6.03 Å². The zero-order valence-electron chi connectivity index (χ0n) is 16.1. The second-order valence-electron chi connectivity index (χ2n) is 6.15. The number of anilines is 2. The molecular weight excluding hydrogens is 358 g/mol. The molecule has 2 heterocycles. The molecule has 0 spiro atoms. The fourth-order valence-electron chi connectivity index (χ4n) is 2.61. The van der Waals surface area contributed by atoms with Gasteiger partial charge in [0, 0.05) is 24.5 Å². The normalized spacial score (nSPS) is 10.4. The van der Waals surface area contributed by atoms with Gasteiger partial charge in [-0.05, 0) is 56.3 Å². The smallest absolute Gasteiger partial charge is 0.319 e. The summed E-state index contributed by atoms with van der Waals surface area (Å²) in [4.78, 5) is 11.9. The zero-order valence-corrected chi connectivity index (χ0v) is 16.1. The molecule has 0 unspecified atom stereocenters. The Bertz CT molecular complexity index is 920. The standard InChI is InChI=1S/C19H23N7O2/c1-13-12-14(2)26(25-13)18-9-8-17(23-24-18)20-10-11-21-19(27)22-15-4-6-16(28-3)7-5-15/h4-9,12H,10-11H2,1-3H3,(H,20,23)(H2,21,22,27). The van der Waals surface area contributed by atoms with E-state index in [9.17, 15) is 4.79 Å². The van der Waals surface area contributed by atoms with Gasteiger partial charge in [-0.15, -0.1) is 10.2 Å². The topological polar surface area (TPSA) is 106 Å². The Morgan fingerprint density at radius 2 is 1.86 bits per heavy atom. The zero-order chi connectivity index (χ0) is 19.9. The highest BCUT2D eigenvalue weighted by molar-refractivity contribution is 5.89. The number of benzene rings is 1. The average Bonchev–Trinajstić information content (AvgIpc) is 3.04. The number of hydrogen-bond acceptors (Lipinski definition) is 6. The van der Waals surface area contributed by atoms with E-state index < -0.39 is 0 Å². The molecule has 9 heteroatoms. The van der Waals surface area contributed by atoms with Crippen molar-refractivity contribution >= 4 is 17.5 Å². The van der Waals surface area contributed by atoms with Crippen molar-refractivity contribution in [3.63, 3.8) is 0 Å². The van der Waals surface area contributed by atoms with Gasteiger partial charge in [-0.1, -0.05) is 0 Å².